The van der Waals surface area contributed by atoms with Crippen molar-refractivity contribution in [3.05, 3.63) is 29.2 Å². The zero-order valence-corrected chi connectivity index (χ0v) is 12.2. The van der Waals surface area contributed by atoms with Crippen molar-refractivity contribution in [2.45, 2.75) is 19.3 Å². The van der Waals surface area contributed by atoms with Gasteiger partial charge in [-0.1, -0.05) is 11.6 Å². The van der Waals surface area contributed by atoms with Crippen molar-refractivity contribution < 1.29 is 13.9 Å². The fourth-order valence-electron chi connectivity index (χ4n) is 2.33. The highest BCUT2D eigenvalue weighted by atomic mass is 35.5. The van der Waals surface area contributed by atoms with Gasteiger partial charge in [-0.25, -0.2) is 4.98 Å². The van der Waals surface area contributed by atoms with Crippen molar-refractivity contribution >= 4 is 11.6 Å². The van der Waals surface area contributed by atoms with E-state index in [9.17, 15) is 0 Å². The topological polar surface area (TPSA) is 44.5 Å². The number of rotatable bonds is 5. The minimum absolute atomic E-state index is 0.575. The van der Waals surface area contributed by atoms with Gasteiger partial charge < -0.3 is 13.9 Å². The Bertz CT molecular complexity index is 620. The fraction of sp³-hybridized carbons (Fsp3) is 0.400. The summed E-state index contributed by atoms with van der Waals surface area (Å²) in [6.07, 6.45) is 4.94. The molecule has 0 aliphatic heterocycles. The summed E-state index contributed by atoms with van der Waals surface area (Å²) >= 11 is 6.15. The normalized spacial score (nSPS) is 14.3. The molecule has 1 heterocycles. The number of oxazole rings is 1. The average Bonchev–Trinajstić information content (AvgIpc) is 3.14. The molecule has 0 saturated heterocycles. The van der Waals surface area contributed by atoms with Crippen molar-refractivity contribution in [1.82, 2.24) is 4.98 Å². The summed E-state index contributed by atoms with van der Waals surface area (Å²) < 4.78 is 16.3. The van der Waals surface area contributed by atoms with E-state index in [1.165, 1.54) is 19.2 Å². The minimum Gasteiger partial charge on any atom is -0.493 e. The lowest BCUT2D eigenvalue weighted by atomic mass is 10.1. The van der Waals surface area contributed by atoms with Gasteiger partial charge in [0.05, 0.1) is 25.5 Å². The van der Waals surface area contributed by atoms with Crippen LogP contribution in [0.1, 0.15) is 18.5 Å². The van der Waals surface area contributed by atoms with Crippen LogP contribution in [0.3, 0.4) is 0 Å². The van der Waals surface area contributed by atoms with Gasteiger partial charge >= 0.3 is 0 Å². The second-order valence-corrected chi connectivity index (χ2v) is 5.40. The lowest BCUT2D eigenvalue weighted by Gasteiger charge is -2.12. The van der Waals surface area contributed by atoms with E-state index >= 15 is 0 Å². The fourth-order valence-corrected chi connectivity index (χ4v) is 2.54. The summed E-state index contributed by atoms with van der Waals surface area (Å²) in [5.41, 5.74) is 1.74. The van der Waals surface area contributed by atoms with E-state index < -0.39 is 0 Å². The summed E-state index contributed by atoms with van der Waals surface area (Å²) in [5, 5.41) is 0.575. The number of nitrogens with zero attached hydrogens (tertiary/aromatic N) is 1. The van der Waals surface area contributed by atoms with E-state index in [0.717, 1.165) is 29.4 Å². The summed E-state index contributed by atoms with van der Waals surface area (Å²) in [5.74, 6) is 2.65. The molecule has 1 aliphatic carbocycles. The highest BCUT2D eigenvalue weighted by molar-refractivity contribution is 6.31. The predicted octanol–water partition coefficient (Wildman–Crippen LogP) is 3.96. The second-order valence-electron chi connectivity index (χ2n) is 4.96. The van der Waals surface area contributed by atoms with Crippen LogP contribution in [0.5, 0.6) is 11.5 Å². The molecule has 2 aromatic rings. The van der Waals surface area contributed by atoms with Crippen LogP contribution in [0, 0.1) is 5.92 Å². The van der Waals surface area contributed by atoms with Crippen molar-refractivity contribution in [3.8, 4) is 22.8 Å². The number of methoxy groups -OCH3 is 2. The van der Waals surface area contributed by atoms with Gasteiger partial charge in [0.2, 0.25) is 0 Å². The van der Waals surface area contributed by atoms with Gasteiger partial charge in [-0.2, -0.15) is 0 Å². The Hall–Kier alpha value is -1.68. The number of halogens is 1. The maximum atomic E-state index is 6.15. The summed E-state index contributed by atoms with van der Waals surface area (Å²) in [7, 11) is 3.19. The van der Waals surface area contributed by atoms with Crippen LogP contribution in [-0.4, -0.2) is 19.2 Å². The molecule has 1 saturated carbocycles. The first-order valence-corrected chi connectivity index (χ1v) is 6.95. The molecule has 1 aromatic carbocycles. The molecule has 1 aliphatic rings. The molecule has 0 atom stereocenters. The molecule has 0 radical (unpaired) electrons. The molecule has 0 amide bonds. The minimum atomic E-state index is 0.575. The molecule has 3 rings (SSSR count). The van der Waals surface area contributed by atoms with Crippen LogP contribution in [0.25, 0.3) is 11.3 Å². The maximum Gasteiger partial charge on any atom is 0.181 e. The van der Waals surface area contributed by atoms with Gasteiger partial charge in [-0.15, -0.1) is 0 Å². The molecule has 0 unspecified atom stereocenters. The van der Waals surface area contributed by atoms with Crippen molar-refractivity contribution in [2.24, 2.45) is 5.92 Å². The summed E-state index contributed by atoms with van der Waals surface area (Å²) in [6, 6.07) is 3.54. The van der Waals surface area contributed by atoms with Crippen LogP contribution in [0.4, 0.5) is 0 Å². The first-order valence-electron chi connectivity index (χ1n) is 6.57. The lowest BCUT2D eigenvalue weighted by Crippen LogP contribution is -1.96. The Kier molecular flexibility index (Phi) is 3.57. The Labute approximate surface area is 122 Å². The standard InChI is InChI=1S/C15H16ClNO3/c1-18-13-7-10(16)6-11(15(13)19-2)14-12(17-8-20-14)5-9-3-4-9/h6-9H,3-5H2,1-2H3. The lowest BCUT2D eigenvalue weighted by molar-refractivity contribution is 0.355. The quantitative estimate of drug-likeness (QED) is 0.837. The molecule has 0 spiro atoms. The molecular weight excluding hydrogens is 278 g/mol. The van der Waals surface area contributed by atoms with Gasteiger partial charge in [0.25, 0.3) is 0 Å². The number of benzene rings is 1. The zero-order chi connectivity index (χ0) is 14.1. The van der Waals surface area contributed by atoms with E-state index in [4.69, 9.17) is 25.5 Å². The number of hydrogen-bond acceptors (Lipinski definition) is 4. The summed E-state index contributed by atoms with van der Waals surface area (Å²) in [4.78, 5) is 4.33. The van der Waals surface area contributed by atoms with E-state index in [2.05, 4.69) is 4.98 Å². The third kappa shape index (κ3) is 2.48. The summed E-state index contributed by atoms with van der Waals surface area (Å²) in [6.45, 7) is 0. The predicted molar refractivity (Wildman–Crippen MR) is 76.5 cm³/mol. The third-order valence-electron chi connectivity index (χ3n) is 3.51. The average molecular weight is 294 g/mol. The van der Waals surface area contributed by atoms with Crippen molar-refractivity contribution in [3.63, 3.8) is 0 Å². The second kappa shape index (κ2) is 5.37. The molecule has 5 heteroatoms. The SMILES string of the molecule is COc1cc(Cl)cc(-c2ocnc2CC2CC2)c1OC. The molecule has 1 aromatic heterocycles. The molecule has 20 heavy (non-hydrogen) atoms. The van der Waals surface area contributed by atoms with Gasteiger partial charge in [0.15, 0.2) is 23.7 Å². The monoisotopic (exact) mass is 293 g/mol. The van der Waals surface area contributed by atoms with Crippen LogP contribution >= 0.6 is 11.6 Å². The highest BCUT2D eigenvalue weighted by Gasteiger charge is 2.26. The molecular formula is C15H16ClNO3. The number of ether oxygens (including phenoxy) is 2. The van der Waals surface area contributed by atoms with E-state index in [1.807, 2.05) is 6.07 Å². The molecule has 0 N–H and O–H groups in total. The van der Waals surface area contributed by atoms with E-state index in [-0.39, 0.29) is 0 Å². The first kappa shape index (κ1) is 13.3. The smallest absolute Gasteiger partial charge is 0.181 e. The molecule has 0 bridgehead atoms. The maximum absolute atomic E-state index is 6.15. The highest BCUT2D eigenvalue weighted by Crippen LogP contribution is 2.43. The van der Waals surface area contributed by atoms with E-state index in [1.54, 1.807) is 20.3 Å². The van der Waals surface area contributed by atoms with E-state index in [0.29, 0.717) is 16.5 Å². The molecule has 4 nitrogen and oxygen atoms in total. The third-order valence-corrected chi connectivity index (χ3v) is 3.73. The Morgan fingerprint density at radius 2 is 2.10 bits per heavy atom. The Morgan fingerprint density at radius 3 is 2.75 bits per heavy atom. The van der Waals surface area contributed by atoms with Crippen molar-refractivity contribution in [1.29, 1.82) is 0 Å². The Morgan fingerprint density at radius 1 is 1.30 bits per heavy atom. The van der Waals surface area contributed by atoms with Crippen LogP contribution in [0.15, 0.2) is 22.9 Å². The van der Waals surface area contributed by atoms with Crippen LogP contribution < -0.4 is 9.47 Å². The van der Waals surface area contributed by atoms with Gasteiger partial charge in [-0.05, 0) is 31.2 Å². The number of hydrogen-bond donors (Lipinski definition) is 0. The zero-order valence-electron chi connectivity index (χ0n) is 11.5. The largest absolute Gasteiger partial charge is 0.493 e. The molecule has 1 fully saturated rings. The van der Waals surface area contributed by atoms with Crippen LogP contribution in [0.2, 0.25) is 5.02 Å². The van der Waals surface area contributed by atoms with Gasteiger partial charge in [0, 0.05) is 11.1 Å². The Balaban J connectivity index is 2.08. The van der Waals surface area contributed by atoms with Crippen molar-refractivity contribution in [2.75, 3.05) is 14.2 Å². The van der Waals surface area contributed by atoms with Crippen LogP contribution in [-0.2, 0) is 6.42 Å². The molecule has 106 valence electrons. The van der Waals surface area contributed by atoms with Gasteiger partial charge in [0.1, 0.15) is 0 Å². The first-order chi connectivity index (χ1) is 9.72. The number of aromatic nitrogens is 1. The van der Waals surface area contributed by atoms with Gasteiger partial charge in [-0.3, -0.25) is 0 Å².